The van der Waals surface area contributed by atoms with Crippen LogP contribution in [0.15, 0.2) is 12.1 Å². The van der Waals surface area contributed by atoms with Crippen LogP contribution in [-0.4, -0.2) is 12.2 Å². The summed E-state index contributed by atoms with van der Waals surface area (Å²) in [4.78, 5) is 0. The lowest BCUT2D eigenvalue weighted by atomic mass is 9.99. The van der Waals surface area contributed by atoms with Gasteiger partial charge in [-0.15, -0.1) is 0 Å². The third kappa shape index (κ3) is 2.07. The minimum atomic E-state index is -0.361. The fraction of sp³-hybridized carbons (Fsp3) is 0.500. The Balaban J connectivity index is 3.14. The van der Waals surface area contributed by atoms with Gasteiger partial charge in [-0.1, -0.05) is 6.92 Å². The van der Waals surface area contributed by atoms with Crippen molar-refractivity contribution in [3.05, 3.63) is 28.8 Å². The van der Waals surface area contributed by atoms with E-state index in [1.807, 2.05) is 32.9 Å². The molecule has 0 radical (unpaired) electrons. The highest BCUT2D eigenvalue weighted by atomic mass is 16.5. The molecule has 0 saturated heterocycles. The molecule has 0 saturated carbocycles. The molecule has 0 aliphatic rings. The van der Waals surface area contributed by atoms with Crippen molar-refractivity contribution in [2.45, 2.75) is 33.3 Å². The van der Waals surface area contributed by atoms with Gasteiger partial charge in [-0.2, -0.15) is 0 Å². The van der Waals surface area contributed by atoms with Gasteiger partial charge < -0.3 is 9.84 Å². The van der Waals surface area contributed by atoms with Gasteiger partial charge in [0, 0.05) is 0 Å². The van der Waals surface area contributed by atoms with E-state index in [1.165, 1.54) is 0 Å². The minimum absolute atomic E-state index is 0.361. The Morgan fingerprint density at radius 3 is 2.43 bits per heavy atom. The zero-order chi connectivity index (χ0) is 10.7. The normalized spacial score (nSPS) is 12.6. The Morgan fingerprint density at radius 1 is 1.29 bits per heavy atom. The molecule has 1 atom stereocenters. The van der Waals surface area contributed by atoms with Crippen molar-refractivity contribution in [1.29, 1.82) is 0 Å². The smallest absolute Gasteiger partial charge is 0.122 e. The number of ether oxygens (including phenoxy) is 1. The third-order valence-corrected chi connectivity index (χ3v) is 2.53. The first-order valence-corrected chi connectivity index (χ1v) is 4.93. The Hall–Kier alpha value is -1.02. The fourth-order valence-electron chi connectivity index (χ4n) is 1.61. The Bertz CT molecular complexity index is 318. The molecule has 1 N–H and O–H groups in total. The average Bonchev–Trinajstić information content (AvgIpc) is 2.19. The lowest BCUT2D eigenvalue weighted by Crippen LogP contribution is -2.00. The van der Waals surface area contributed by atoms with Gasteiger partial charge in [-0.3, -0.25) is 0 Å². The second-order valence-corrected chi connectivity index (χ2v) is 3.60. The molecule has 78 valence electrons. The van der Waals surface area contributed by atoms with Gasteiger partial charge in [-0.05, 0) is 49.1 Å². The highest BCUT2D eigenvalue weighted by Gasteiger charge is 2.10. The predicted molar refractivity (Wildman–Crippen MR) is 57.7 cm³/mol. The van der Waals surface area contributed by atoms with Gasteiger partial charge in [0.05, 0.1) is 13.2 Å². The van der Waals surface area contributed by atoms with E-state index in [9.17, 15) is 5.11 Å². The molecule has 0 amide bonds. The Kier molecular flexibility index (Phi) is 3.53. The van der Waals surface area contributed by atoms with Gasteiger partial charge in [0.2, 0.25) is 0 Å². The van der Waals surface area contributed by atoms with Gasteiger partial charge in [0.1, 0.15) is 5.75 Å². The molecular formula is C12H18O2. The average molecular weight is 194 g/mol. The topological polar surface area (TPSA) is 29.5 Å². The summed E-state index contributed by atoms with van der Waals surface area (Å²) in [6.07, 6.45) is 0.381. The van der Waals surface area contributed by atoms with Crippen LogP contribution in [0, 0.1) is 13.8 Å². The molecule has 1 aromatic rings. The Morgan fingerprint density at radius 2 is 1.93 bits per heavy atom. The van der Waals surface area contributed by atoms with Crippen molar-refractivity contribution in [1.82, 2.24) is 0 Å². The molecule has 0 bridgehead atoms. The first kappa shape index (κ1) is 11.1. The summed E-state index contributed by atoms with van der Waals surface area (Å²) >= 11 is 0. The molecule has 0 fully saturated rings. The summed E-state index contributed by atoms with van der Waals surface area (Å²) < 4.78 is 5.21. The van der Waals surface area contributed by atoms with Crippen LogP contribution in [0.2, 0.25) is 0 Å². The van der Waals surface area contributed by atoms with Crippen molar-refractivity contribution in [2.24, 2.45) is 0 Å². The first-order valence-electron chi connectivity index (χ1n) is 4.93. The van der Waals surface area contributed by atoms with E-state index in [1.54, 1.807) is 7.11 Å². The van der Waals surface area contributed by atoms with Crippen molar-refractivity contribution in [3.8, 4) is 5.75 Å². The standard InChI is InChI=1S/C12H18O2/c1-5-11(13)10-6-9(3)12(14-4)7-8(10)2/h6-7,11,13H,5H2,1-4H3/t11-/m1/s1. The fourth-order valence-corrected chi connectivity index (χ4v) is 1.61. The lowest BCUT2D eigenvalue weighted by molar-refractivity contribution is 0.173. The SMILES string of the molecule is CC[C@@H](O)c1cc(C)c(OC)cc1C. The third-order valence-electron chi connectivity index (χ3n) is 2.53. The summed E-state index contributed by atoms with van der Waals surface area (Å²) in [7, 11) is 1.66. The number of hydrogen-bond acceptors (Lipinski definition) is 2. The number of aliphatic hydroxyl groups is 1. The lowest BCUT2D eigenvalue weighted by Gasteiger charge is -2.14. The largest absolute Gasteiger partial charge is 0.496 e. The maximum absolute atomic E-state index is 9.76. The second-order valence-electron chi connectivity index (χ2n) is 3.60. The van der Waals surface area contributed by atoms with Crippen molar-refractivity contribution in [2.75, 3.05) is 7.11 Å². The number of methoxy groups -OCH3 is 1. The molecule has 2 nitrogen and oxygen atoms in total. The van der Waals surface area contributed by atoms with Gasteiger partial charge >= 0.3 is 0 Å². The van der Waals surface area contributed by atoms with E-state index in [2.05, 4.69) is 0 Å². The van der Waals surface area contributed by atoms with E-state index >= 15 is 0 Å². The van der Waals surface area contributed by atoms with Crippen molar-refractivity contribution < 1.29 is 9.84 Å². The van der Waals surface area contributed by atoms with E-state index < -0.39 is 0 Å². The summed E-state index contributed by atoms with van der Waals surface area (Å²) in [5.41, 5.74) is 3.16. The number of hydrogen-bond donors (Lipinski definition) is 1. The van der Waals surface area contributed by atoms with Gasteiger partial charge in [0.25, 0.3) is 0 Å². The predicted octanol–water partition coefficient (Wildman–Crippen LogP) is 2.76. The molecule has 0 aliphatic heterocycles. The maximum atomic E-state index is 9.76. The molecule has 0 unspecified atom stereocenters. The second kappa shape index (κ2) is 4.47. The van der Waals surface area contributed by atoms with Crippen LogP contribution in [0.5, 0.6) is 5.75 Å². The van der Waals surface area contributed by atoms with Crippen LogP contribution in [0.25, 0.3) is 0 Å². The molecular weight excluding hydrogens is 176 g/mol. The number of aliphatic hydroxyl groups excluding tert-OH is 1. The molecule has 0 heterocycles. The molecule has 1 rings (SSSR count). The minimum Gasteiger partial charge on any atom is -0.496 e. The zero-order valence-electron chi connectivity index (χ0n) is 9.29. The summed E-state index contributed by atoms with van der Waals surface area (Å²) in [6.45, 7) is 5.96. The molecule has 1 aromatic carbocycles. The molecule has 14 heavy (non-hydrogen) atoms. The first-order chi connectivity index (χ1) is 6.60. The highest BCUT2D eigenvalue weighted by molar-refractivity contribution is 5.42. The van der Waals surface area contributed by atoms with Crippen LogP contribution < -0.4 is 4.74 Å². The Labute approximate surface area is 85.5 Å². The quantitative estimate of drug-likeness (QED) is 0.801. The van der Waals surface area contributed by atoms with E-state index in [0.29, 0.717) is 0 Å². The van der Waals surface area contributed by atoms with E-state index in [4.69, 9.17) is 4.74 Å². The van der Waals surface area contributed by atoms with Crippen molar-refractivity contribution in [3.63, 3.8) is 0 Å². The zero-order valence-corrected chi connectivity index (χ0v) is 9.29. The maximum Gasteiger partial charge on any atom is 0.122 e. The molecule has 0 aliphatic carbocycles. The van der Waals surface area contributed by atoms with Crippen LogP contribution in [-0.2, 0) is 0 Å². The van der Waals surface area contributed by atoms with E-state index in [-0.39, 0.29) is 6.10 Å². The van der Waals surface area contributed by atoms with Crippen LogP contribution >= 0.6 is 0 Å². The van der Waals surface area contributed by atoms with Gasteiger partial charge in [0.15, 0.2) is 0 Å². The summed E-state index contributed by atoms with van der Waals surface area (Å²) in [6, 6.07) is 3.98. The number of rotatable bonds is 3. The summed E-state index contributed by atoms with van der Waals surface area (Å²) in [5.74, 6) is 0.884. The number of aryl methyl sites for hydroxylation is 2. The number of benzene rings is 1. The van der Waals surface area contributed by atoms with Crippen LogP contribution in [0.4, 0.5) is 0 Å². The molecule has 0 aromatic heterocycles. The van der Waals surface area contributed by atoms with Crippen molar-refractivity contribution >= 4 is 0 Å². The highest BCUT2D eigenvalue weighted by Crippen LogP contribution is 2.27. The van der Waals surface area contributed by atoms with Crippen LogP contribution in [0.1, 0.15) is 36.1 Å². The van der Waals surface area contributed by atoms with Crippen LogP contribution in [0.3, 0.4) is 0 Å². The monoisotopic (exact) mass is 194 g/mol. The summed E-state index contributed by atoms with van der Waals surface area (Å²) in [5, 5.41) is 9.76. The van der Waals surface area contributed by atoms with E-state index in [0.717, 1.165) is 28.9 Å². The van der Waals surface area contributed by atoms with Gasteiger partial charge in [-0.25, -0.2) is 0 Å². The molecule has 0 spiro atoms. The molecule has 2 heteroatoms.